The van der Waals surface area contributed by atoms with E-state index in [2.05, 4.69) is 6.92 Å². The highest BCUT2D eigenvalue weighted by Crippen LogP contribution is 2.24. The highest BCUT2D eigenvalue weighted by molar-refractivity contribution is 6.31. The smallest absolute Gasteiger partial charge is 0.214 e. The van der Waals surface area contributed by atoms with Gasteiger partial charge in [-0.3, -0.25) is 4.79 Å². The van der Waals surface area contributed by atoms with E-state index in [1.54, 1.807) is 4.90 Å². The third-order valence-electron chi connectivity index (χ3n) is 2.75. The Hall–Kier alpha value is -1.02. The minimum Gasteiger partial charge on any atom is -0.312 e. The first-order valence-corrected chi connectivity index (χ1v) is 5.97. The van der Waals surface area contributed by atoms with E-state index in [1.165, 1.54) is 0 Å². The first-order chi connectivity index (χ1) is 7.60. The standard InChI is InChI=1S/C13H18ClNO/c1-4-5-11(3)15(9-16)12-7-6-10(2)13(14)8-12/h6-9,11H,4-5H2,1-3H3. The highest BCUT2D eigenvalue weighted by Gasteiger charge is 2.13. The average molecular weight is 240 g/mol. The zero-order chi connectivity index (χ0) is 12.1. The van der Waals surface area contributed by atoms with Crippen LogP contribution < -0.4 is 4.90 Å². The molecule has 0 saturated heterocycles. The number of aryl methyl sites for hydroxylation is 1. The Labute approximate surface area is 102 Å². The molecule has 0 bridgehead atoms. The molecule has 1 amide bonds. The van der Waals surface area contributed by atoms with Crippen molar-refractivity contribution < 1.29 is 4.79 Å². The third kappa shape index (κ3) is 2.99. The van der Waals surface area contributed by atoms with E-state index in [-0.39, 0.29) is 6.04 Å². The van der Waals surface area contributed by atoms with Crippen LogP contribution >= 0.6 is 11.6 Å². The molecule has 0 aliphatic rings. The van der Waals surface area contributed by atoms with Crippen LogP contribution in [0.3, 0.4) is 0 Å². The van der Waals surface area contributed by atoms with Crippen LogP contribution in [-0.4, -0.2) is 12.5 Å². The quantitative estimate of drug-likeness (QED) is 0.716. The van der Waals surface area contributed by atoms with Gasteiger partial charge in [0, 0.05) is 16.8 Å². The molecule has 0 fully saturated rings. The number of benzene rings is 1. The van der Waals surface area contributed by atoms with Crippen molar-refractivity contribution >= 4 is 23.7 Å². The summed E-state index contributed by atoms with van der Waals surface area (Å²) in [6.07, 6.45) is 2.93. The number of amides is 1. The topological polar surface area (TPSA) is 20.3 Å². The minimum absolute atomic E-state index is 0.210. The summed E-state index contributed by atoms with van der Waals surface area (Å²) in [6.45, 7) is 6.11. The van der Waals surface area contributed by atoms with Crippen LogP contribution in [0.4, 0.5) is 5.69 Å². The lowest BCUT2D eigenvalue weighted by Gasteiger charge is -2.25. The van der Waals surface area contributed by atoms with Crippen molar-refractivity contribution in [2.24, 2.45) is 0 Å². The predicted octanol–water partition coefficient (Wildman–Crippen LogP) is 3.80. The highest BCUT2D eigenvalue weighted by atomic mass is 35.5. The Balaban J connectivity index is 2.94. The number of nitrogens with zero attached hydrogens (tertiary/aromatic N) is 1. The molecule has 0 saturated carbocycles. The lowest BCUT2D eigenvalue weighted by atomic mass is 10.1. The molecule has 0 spiro atoms. The van der Waals surface area contributed by atoms with Crippen LogP contribution in [0.25, 0.3) is 0 Å². The largest absolute Gasteiger partial charge is 0.312 e. The van der Waals surface area contributed by atoms with E-state index < -0.39 is 0 Å². The molecule has 0 aliphatic heterocycles. The van der Waals surface area contributed by atoms with Gasteiger partial charge in [0.1, 0.15) is 0 Å². The molecule has 16 heavy (non-hydrogen) atoms. The van der Waals surface area contributed by atoms with Gasteiger partial charge in [0.2, 0.25) is 6.41 Å². The van der Waals surface area contributed by atoms with Crippen LogP contribution in [0.15, 0.2) is 18.2 Å². The van der Waals surface area contributed by atoms with Crippen molar-refractivity contribution in [1.29, 1.82) is 0 Å². The molecular weight excluding hydrogens is 222 g/mol. The summed E-state index contributed by atoms with van der Waals surface area (Å²) in [5, 5.41) is 0.702. The number of rotatable bonds is 5. The molecule has 3 heteroatoms. The van der Waals surface area contributed by atoms with Gasteiger partial charge in [-0.05, 0) is 38.0 Å². The molecule has 1 atom stereocenters. The maximum Gasteiger partial charge on any atom is 0.214 e. The fraction of sp³-hybridized carbons (Fsp3) is 0.462. The Kier molecular flexibility index (Phi) is 4.81. The number of carbonyl (C=O) groups excluding carboxylic acids is 1. The van der Waals surface area contributed by atoms with Crippen LogP contribution in [0.2, 0.25) is 5.02 Å². The van der Waals surface area contributed by atoms with Gasteiger partial charge in [-0.2, -0.15) is 0 Å². The summed E-state index contributed by atoms with van der Waals surface area (Å²) in [5.74, 6) is 0. The molecule has 1 aromatic carbocycles. The monoisotopic (exact) mass is 239 g/mol. The van der Waals surface area contributed by atoms with E-state index in [1.807, 2.05) is 32.0 Å². The first-order valence-electron chi connectivity index (χ1n) is 5.60. The fourth-order valence-electron chi connectivity index (χ4n) is 1.72. The maximum atomic E-state index is 11.1. The molecule has 2 nitrogen and oxygen atoms in total. The summed E-state index contributed by atoms with van der Waals surface area (Å²) in [4.78, 5) is 12.8. The van der Waals surface area contributed by atoms with Gasteiger partial charge in [0.05, 0.1) is 0 Å². The Bertz CT molecular complexity index is 365. The normalized spacial score (nSPS) is 12.2. The molecule has 0 radical (unpaired) electrons. The van der Waals surface area contributed by atoms with Crippen LogP contribution in [0.1, 0.15) is 32.3 Å². The first kappa shape index (κ1) is 13.0. The van der Waals surface area contributed by atoms with E-state index in [0.29, 0.717) is 5.02 Å². The SMILES string of the molecule is CCCC(C)N(C=O)c1ccc(C)c(Cl)c1. The summed E-state index contributed by atoms with van der Waals surface area (Å²) in [7, 11) is 0. The average Bonchev–Trinajstić information content (AvgIpc) is 2.25. The van der Waals surface area contributed by atoms with Crippen LogP contribution in [-0.2, 0) is 4.79 Å². The van der Waals surface area contributed by atoms with Gasteiger partial charge in [-0.1, -0.05) is 31.0 Å². The minimum atomic E-state index is 0.210. The molecule has 88 valence electrons. The van der Waals surface area contributed by atoms with Crippen molar-refractivity contribution in [1.82, 2.24) is 0 Å². The van der Waals surface area contributed by atoms with Gasteiger partial charge in [-0.25, -0.2) is 0 Å². The lowest BCUT2D eigenvalue weighted by molar-refractivity contribution is -0.107. The summed E-state index contributed by atoms with van der Waals surface area (Å²) in [6, 6.07) is 5.92. The Morgan fingerprint density at radius 3 is 2.69 bits per heavy atom. The summed E-state index contributed by atoms with van der Waals surface area (Å²) < 4.78 is 0. The maximum absolute atomic E-state index is 11.1. The van der Waals surface area contributed by atoms with Crippen LogP contribution in [0, 0.1) is 6.92 Å². The van der Waals surface area contributed by atoms with E-state index in [0.717, 1.165) is 30.5 Å². The molecule has 0 aliphatic carbocycles. The predicted molar refractivity (Wildman–Crippen MR) is 69.1 cm³/mol. The van der Waals surface area contributed by atoms with E-state index in [9.17, 15) is 4.79 Å². The number of anilines is 1. The number of carbonyl (C=O) groups is 1. The molecule has 0 N–H and O–H groups in total. The summed E-state index contributed by atoms with van der Waals surface area (Å²) in [5.41, 5.74) is 1.89. The van der Waals surface area contributed by atoms with Crippen molar-refractivity contribution in [3.05, 3.63) is 28.8 Å². The lowest BCUT2D eigenvalue weighted by Crippen LogP contribution is -2.31. The van der Waals surface area contributed by atoms with Crippen molar-refractivity contribution in [2.75, 3.05) is 4.90 Å². The molecule has 1 rings (SSSR count). The van der Waals surface area contributed by atoms with Crippen molar-refractivity contribution in [2.45, 2.75) is 39.7 Å². The fourth-order valence-corrected chi connectivity index (χ4v) is 1.89. The van der Waals surface area contributed by atoms with E-state index >= 15 is 0 Å². The molecule has 1 aromatic rings. The Morgan fingerprint density at radius 2 is 2.19 bits per heavy atom. The summed E-state index contributed by atoms with van der Waals surface area (Å²) >= 11 is 6.05. The second-order valence-electron chi connectivity index (χ2n) is 4.08. The van der Waals surface area contributed by atoms with E-state index in [4.69, 9.17) is 11.6 Å². The second-order valence-corrected chi connectivity index (χ2v) is 4.49. The molecular formula is C13H18ClNO. The Morgan fingerprint density at radius 1 is 1.50 bits per heavy atom. The van der Waals surface area contributed by atoms with Gasteiger partial charge < -0.3 is 4.90 Å². The molecule has 0 heterocycles. The molecule has 0 aromatic heterocycles. The second kappa shape index (κ2) is 5.90. The number of halogens is 1. The van der Waals surface area contributed by atoms with Crippen LogP contribution in [0.5, 0.6) is 0 Å². The number of hydrogen-bond donors (Lipinski definition) is 0. The van der Waals surface area contributed by atoms with Crippen molar-refractivity contribution in [3.8, 4) is 0 Å². The van der Waals surface area contributed by atoms with Gasteiger partial charge in [0.25, 0.3) is 0 Å². The zero-order valence-electron chi connectivity index (χ0n) is 10.0. The van der Waals surface area contributed by atoms with Gasteiger partial charge in [0.15, 0.2) is 0 Å². The number of hydrogen-bond acceptors (Lipinski definition) is 1. The van der Waals surface area contributed by atoms with Gasteiger partial charge >= 0.3 is 0 Å². The van der Waals surface area contributed by atoms with Gasteiger partial charge in [-0.15, -0.1) is 0 Å². The van der Waals surface area contributed by atoms with Crippen molar-refractivity contribution in [3.63, 3.8) is 0 Å². The zero-order valence-corrected chi connectivity index (χ0v) is 10.8. The third-order valence-corrected chi connectivity index (χ3v) is 3.16. The molecule has 1 unspecified atom stereocenters.